The highest BCUT2D eigenvalue weighted by Gasteiger charge is 2.26. The summed E-state index contributed by atoms with van der Waals surface area (Å²) in [5, 5.41) is 9.25. The molecule has 122 valence electrons. The zero-order valence-corrected chi connectivity index (χ0v) is 13.2. The number of morpholine rings is 1. The number of aliphatic hydroxyl groups is 1. The van der Waals surface area contributed by atoms with Crippen molar-refractivity contribution in [2.24, 2.45) is 0 Å². The summed E-state index contributed by atoms with van der Waals surface area (Å²) in [5.41, 5.74) is 2.45. The number of hydrogen-bond acceptors (Lipinski definition) is 4. The lowest BCUT2D eigenvalue weighted by Crippen LogP contribution is -2.48. The third-order valence-electron chi connectivity index (χ3n) is 4.28. The molecule has 1 aromatic carbocycles. The maximum atomic E-state index is 14.5. The first-order valence-corrected chi connectivity index (χ1v) is 7.82. The summed E-state index contributed by atoms with van der Waals surface area (Å²) in [7, 11) is 0. The number of aliphatic hydroxyl groups excluding tert-OH is 1. The Morgan fingerprint density at radius 2 is 2.04 bits per heavy atom. The zero-order valence-electron chi connectivity index (χ0n) is 13.2. The Bertz CT molecular complexity index is 651. The van der Waals surface area contributed by atoms with Crippen molar-refractivity contribution < 1.29 is 14.2 Å². The van der Waals surface area contributed by atoms with E-state index in [1.807, 2.05) is 24.3 Å². The Labute approximate surface area is 135 Å². The molecule has 0 spiro atoms. The normalized spacial score (nSPS) is 22.2. The quantitative estimate of drug-likeness (QED) is 0.941. The van der Waals surface area contributed by atoms with Gasteiger partial charge in [-0.1, -0.05) is 12.1 Å². The second-order valence-corrected chi connectivity index (χ2v) is 5.96. The summed E-state index contributed by atoms with van der Waals surface area (Å²) in [6.07, 6.45) is 3.21. The van der Waals surface area contributed by atoms with Crippen LogP contribution in [0.15, 0.2) is 42.7 Å². The molecule has 0 amide bonds. The summed E-state index contributed by atoms with van der Waals surface area (Å²) in [5.74, 6) is -0.210. The highest BCUT2D eigenvalue weighted by atomic mass is 19.1. The molecule has 2 atom stereocenters. The number of rotatable bonds is 4. The number of benzene rings is 1. The maximum absolute atomic E-state index is 14.5. The van der Waals surface area contributed by atoms with E-state index >= 15 is 0 Å². The van der Waals surface area contributed by atoms with Gasteiger partial charge in [-0.2, -0.15) is 0 Å². The summed E-state index contributed by atoms with van der Waals surface area (Å²) in [6, 6.07) is 9.27. The molecule has 3 rings (SSSR count). The third kappa shape index (κ3) is 3.75. The average molecular weight is 316 g/mol. The monoisotopic (exact) mass is 316 g/mol. The van der Waals surface area contributed by atoms with Gasteiger partial charge < -0.3 is 9.84 Å². The van der Waals surface area contributed by atoms with Gasteiger partial charge in [-0.3, -0.25) is 9.88 Å². The van der Waals surface area contributed by atoms with Crippen LogP contribution in [0.2, 0.25) is 0 Å². The lowest BCUT2D eigenvalue weighted by molar-refractivity contribution is -0.0807. The van der Waals surface area contributed by atoms with Crippen molar-refractivity contribution in [2.75, 3.05) is 19.8 Å². The van der Waals surface area contributed by atoms with E-state index in [1.54, 1.807) is 18.5 Å². The van der Waals surface area contributed by atoms with E-state index < -0.39 is 0 Å². The van der Waals surface area contributed by atoms with Gasteiger partial charge in [-0.25, -0.2) is 4.39 Å². The van der Waals surface area contributed by atoms with Gasteiger partial charge in [0, 0.05) is 37.1 Å². The number of aromatic nitrogens is 1. The van der Waals surface area contributed by atoms with Gasteiger partial charge in [0.25, 0.3) is 0 Å². The largest absolute Gasteiger partial charge is 0.394 e. The molecule has 1 fully saturated rings. The van der Waals surface area contributed by atoms with E-state index in [-0.39, 0.29) is 24.6 Å². The first-order valence-electron chi connectivity index (χ1n) is 7.82. The fourth-order valence-corrected chi connectivity index (χ4v) is 2.82. The number of pyridine rings is 1. The van der Waals surface area contributed by atoms with Crippen molar-refractivity contribution in [3.05, 3.63) is 54.1 Å². The van der Waals surface area contributed by atoms with Crippen molar-refractivity contribution >= 4 is 0 Å². The van der Waals surface area contributed by atoms with Crippen LogP contribution in [0.4, 0.5) is 4.39 Å². The fourth-order valence-electron chi connectivity index (χ4n) is 2.82. The molecule has 5 heteroatoms. The molecule has 23 heavy (non-hydrogen) atoms. The fraction of sp³-hybridized carbons (Fsp3) is 0.389. The Kier molecular flexibility index (Phi) is 5.00. The topological polar surface area (TPSA) is 45.6 Å². The molecule has 1 N–H and O–H groups in total. The molecule has 1 aromatic heterocycles. The van der Waals surface area contributed by atoms with Crippen molar-refractivity contribution in [1.29, 1.82) is 0 Å². The Balaban J connectivity index is 1.76. The summed E-state index contributed by atoms with van der Waals surface area (Å²) in [4.78, 5) is 6.13. The summed E-state index contributed by atoms with van der Waals surface area (Å²) in [6.45, 7) is 3.73. The highest BCUT2D eigenvalue weighted by Crippen LogP contribution is 2.23. The van der Waals surface area contributed by atoms with E-state index in [2.05, 4.69) is 16.8 Å². The Morgan fingerprint density at radius 3 is 2.74 bits per heavy atom. The van der Waals surface area contributed by atoms with Gasteiger partial charge in [0.05, 0.1) is 19.3 Å². The number of hydrogen-bond donors (Lipinski definition) is 1. The first-order chi connectivity index (χ1) is 11.2. The van der Waals surface area contributed by atoms with E-state index in [9.17, 15) is 9.50 Å². The predicted octanol–water partition coefficient (Wildman–Crippen LogP) is 2.47. The van der Waals surface area contributed by atoms with Crippen LogP contribution in [0.3, 0.4) is 0 Å². The third-order valence-corrected chi connectivity index (χ3v) is 4.28. The standard InChI is InChI=1S/C18H21FN2O2/c1-13-12-23-17(11-22)10-21(13)9-16-3-2-15(8-18(16)19)14-4-6-20-7-5-14/h2-8,13,17,22H,9-12H2,1H3. The van der Waals surface area contributed by atoms with Crippen molar-refractivity contribution in [3.8, 4) is 11.1 Å². The smallest absolute Gasteiger partial charge is 0.128 e. The highest BCUT2D eigenvalue weighted by molar-refractivity contribution is 5.63. The minimum absolute atomic E-state index is 0.00726. The number of nitrogens with zero attached hydrogens (tertiary/aromatic N) is 2. The number of halogens is 1. The van der Waals surface area contributed by atoms with Crippen LogP contribution in [0.5, 0.6) is 0 Å². The van der Waals surface area contributed by atoms with Crippen LogP contribution < -0.4 is 0 Å². The minimum atomic E-state index is -0.210. The van der Waals surface area contributed by atoms with Crippen molar-refractivity contribution in [2.45, 2.75) is 25.6 Å². The van der Waals surface area contributed by atoms with Gasteiger partial charge in [0.2, 0.25) is 0 Å². The molecule has 1 saturated heterocycles. The van der Waals surface area contributed by atoms with E-state index in [1.165, 1.54) is 0 Å². The zero-order chi connectivity index (χ0) is 16.2. The van der Waals surface area contributed by atoms with Crippen LogP contribution in [-0.2, 0) is 11.3 Å². The van der Waals surface area contributed by atoms with Crippen LogP contribution in [0, 0.1) is 5.82 Å². The van der Waals surface area contributed by atoms with Gasteiger partial charge in [-0.05, 0) is 36.2 Å². The van der Waals surface area contributed by atoms with Crippen molar-refractivity contribution in [1.82, 2.24) is 9.88 Å². The molecule has 2 unspecified atom stereocenters. The van der Waals surface area contributed by atoms with E-state index in [0.717, 1.165) is 11.1 Å². The molecule has 4 nitrogen and oxygen atoms in total. The molecule has 1 aliphatic heterocycles. The summed E-state index contributed by atoms with van der Waals surface area (Å²) < 4.78 is 20.0. The molecule has 1 aliphatic rings. The first kappa shape index (κ1) is 16.1. The Morgan fingerprint density at radius 1 is 1.26 bits per heavy atom. The minimum Gasteiger partial charge on any atom is -0.394 e. The van der Waals surface area contributed by atoms with Crippen LogP contribution in [-0.4, -0.2) is 46.9 Å². The van der Waals surface area contributed by atoms with E-state index in [4.69, 9.17) is 4.74 Å². The van der Waals surface area contributed by atoms with Crippen LogP contribution >= 0.6 is 0 Å². The predicted molar refractivity (Wildman–Crippen MR) is 86.3 cm³/mol. The van der Waals surface area contributed by atoms with Gasteiger partial charge in [-0.15, -0.1) is 0 Å². The van der Waals surface area contributed by atoms with Crippen molar-refractivity contribution in [3.63, 3.8) is 0 Å². The van der Waals surface area contributed by atoms with Gasteiger partial charge in [0.15, 0.2) is 0 Å². The molecule has 0 saturated carbocycles. The summed E-state index contributed by atoms with van der Waals surface area (Å²) >= 11 is 0. The molecule has 0 bridgehead atoms. The molecule has 0 aliphatic carbocycles. The lowest BCUT2D eigenvalue weighted by atomic mass is 10.0. The SMILES string of the molecule is CC1COC(CO)CN1Cc1ccc(-c2ccncc2)cc1F. The molecular formula is C18H21FN2O2. The van der Waals surface area contributed by atoms with Gasteiger partial charge >= 0.3 is 0 Å². The van der Waals surface area contributed by atoms with Gasteiger partial charge in [0.1, 0.15) is 5.82 Å². The molecule has 2 heterocycles. The van der Waals surface area contributed by atoms with Crippen LogP contribution in [0.25, 0.3) is 11.1 Å². The number of ether oxygens (including phenoxy) is 1. The van der Waals surface area contributed by atoms with Crippen LogP contribution in [0.1, 0.15) is 12.5 Å². The second kappa shape index (κ2) is 7.17. The second-order valence-electron chi connectivity index (χ2n) is 5.96. The lowest BCUT2D eigenvalue weighted by Gasteiger charge is -2.37. The average Bonchev–Trinajstić information content (AvgIpc) is 2.59. The molecule has 2 aromatic rings. The van der Waals surface area contributed by atoms with E-state index in [0.29, 0.717) is 25.3 Å². The Hall–Kier alpha value is -1.82. The molecule has 0 radical (unpaired) electrons. The maximum Gasteiger partial charge on any atom is 0.128 e. The molecular weight excluding hydrogens is 295 g/mol.